The molecule has 0 atom stereocenters. The van der Waals surface area contributed by atoms with Crippen LogP contribution in [0.25, 0.3) is 0 Å². The number of nitro benzene ring substituents is 1. The summed E-state index contributed by atoms with van der Waals surface area (Å²) in [6, 6.07) is 17.9. The second kappa shape index (κ2) is 10.8. The molecule has 0 aliphatic heterocycles. The molecule has 0 fully saturated rings. The second-order valence-electron chi connectivity index (χ2n) is 7.69. The maximum absolute atomic E-state index is 12.4. The number of ether oxygens (including phenoxy) is 1. The van der Waals surface area contributed by atoms with Gasteiger partial charge in [0.05, 0.1) is 36.7 Å². The molecule has 0 aliphatic rings. The van der Waals surface area contributed by atoms with Gasteiger partial charge in [-0.2, -0.15) is 5.10 Å². The zero-order valence-corrected chi connectivity index (χ0v) is 20.2. The lowest BCUT2D eigenvalue weighted by Crippen LogP contribution is -2.29. The molecule has 35 heavy (non-hydrogen) atoms. The number of nitrogens with one attached hydrogen (secondary N) is 1. The fourth-order valence-corrected chi connectivity index (χ4v) is 4.09. The van der Waals surface area contributed by atoms with Crippen molar-refractivity contribution in [2.75, 3.05) is 17.7 Å². The molecule has 0 unspecified atom stereocenters. The molecule has 11 heteroatoms. The van der Waals surface area contributed by atoms with Gasteiger partial charge in [-0.15, -0.1) is 0 Å². The summed E-state index contributed by atoms with van der Waals surface area (Å²) >= 11 is 0. The molecule has 1 N–H and O–H groups in total. The molecular formula is C24H24N4O6S. The number of carbonyl (C=O) groups excluding carboxylic acids is 1. The van der Waals surface area contributed by atoms with Gasteiger partial charge in [-0.3, -0.25) is 19.2 Å². The summed E-state index contributed by atoms with van der Waals surface area (Å²) in [5.74, 6) is -0.415. The number of hydrogen-bond donors (Lipinski definition) is 1. The lowest BCUT2D eigenvalue weighted by Gasteiger charge is -2.22. The van der Waals surface area contributed by atoms with E-state index in [1.807, 2.05) is 31.2 Å². The van der Waals surface area contributed by atoms with Crippen LogP contribution in [0, 0.1) is 17.0 Å². The van der Waals surface area contributed by atoms with Crippen LogP contribution in [-0.4, -0.2) is 38.8 Å². The standard InChI is InChI=1S/C24H24N4O6S/c1-17-4-6-18(7-5-17)16-27(35(3,32)33)21-11-9-20(10-12-21)24(29)26-25-15-19-8-13-23(34-2)22(14-19)28(30)31/h4-15H,16H2,1-3H3,(H,26,29)/b25-15-. The third-order valence-electron chi connectivity index (χ3n) is 5.04. The summed E-state index contributed by atoms with van der Waals surface area (Å²) in [5, 5.41) is 15.0. The van der Waals surface area contributed by atoms with Crippen molar-refractivity contribution in [2.24, 2.45) is 5.10 Å². The van der Waals surface area contributed by atoms with Gasteiger partial charge in [0.1, 0.15) is 0 Å². The zero-order valence-electron chi connectivity index (χ0n) is 19.3. The number of amides is 1. The summed E-state index contributed by atoms with van der Waals surface area (Å²) in [4.78, 5) is 23.0. The Morgan fingerprint density at radius 2 is 1.77 bits per heavy atom. The molecule has 0 bridgehead atoms. The van der Waals surface area contributed by atoms with Crippen LogP contribution in [0.5, 0.6) is 5.75 Å². The number of hydrogen-bond acceptors (Lipinski definition) is 7. The maximum atomic E-state index is 12.4. The van der Waals surface area contributed by atoms with Crippen LogP contribution in [0.3, 0.4) is 0 Å². The topological polar surface area (TPSA) is 131 Å². The molecule has 0 radical (unpaired) electrons. The first-order chi connectivity index (χ1) is 16.6. The highest BCUT2D eigenvalue weighted by molar-refractivity contribution is 7.92. The van der Waals surface area contributed by atoms with E-state index in [1.165, 1.54) is 41.9 Å². The number of aryl methyl sites for hydroxylation is 1. The van der Waals surface area contributed by atoms with Crippen LogP contribution in [0.1, 0.15) is 27.0 Å². The summed E-state index contributed by atoms with van der Waals surface area (Å²) in [5.41, 5.74) is 5.10. The van der Waals surface area contributed by atoms with E-state index < -0.39 is 20.9 Å². The summed E-state index contributed by atoms with van der Waals surface area (Å²) < 4.78 is 31.0. The molecule has 3 aromatic rings. The van der Waals surface area contributed by atoms with Crippen LogP contribution >= 0.6 is 0 Å². The fourth-order valence-electron chi connectivity index (χ4n) is 3.20. The average molecular weight is 497 g/mol. The van der Waals surface area contributed by atoms with E-state index in [9.17, 15) is 23.3 Å². The molecule has 10 nitrogen and oxygen atoms in total. The fraction of sp³-hybridized carbons (Fsp3) is 0.167. The van der Waals surface area contributed by atoms with Crippen LogP contribution < -0.4 is 14.5 Å². The molecule has 0 spiro atoms. The highest BCUT2D eigenvalue weighted by Gasteiger charge is 2.19. The number of methoxy groups -OCH3 is 1. The normalized spacial score (nSPS) is 11.3. The van der Waals surface area contributed by atoms with E-state index in [1.54, 1.807) is 18.2 Å². The van der Waals surface area contributed by atoms with Crippen LogP contribution in [0.4, 0.5) is 11.4 Å². The molecule has 3 rings (SSSR count). The van der Waals surface area contributed by atoms with Crippen LogP contribution in [0.15, 0.2) is 71.8 Å². The Morgan fingerprint density at radius 3 is 2.34 bits per heavy atom. The molecule has 3 aromatic carbocycles. The third-order valence-corrected chi connectivity index (χ3v) is 6.18. The van der Waals surface area contributed by atoms with Gasteiger partial charge in [0.2, 0.25) is 10.0 Å². The van der Waals surface area contributed by atoms with Crippen LogP contribution in [0.2, 0.25) is 0 Å². The maximum Gasteiger partial charge on any atom is 0.311 e. The zero-order chi connectivity index (χ0) is 25.6. The van der Waals surface area contributed by atoms with Gasteiger partial charge in [0.25, 0.3) is 5.91 Å². The van der Waals surface area contributed by atoms with Crippen molar-refractivity contribution in [3.05, 3.63) is 99.1 Å². The van der Waals surface area contributed by atoms with Gasteiger partial charge in [-0.1, -0.05) is 29.8 Å². The number of carbonyl (C=O) groups is 1. The van der Waals surface area contributed by atoms with E-state index in [0.29, 0.717) is 11.3 Å². The molecule has 1 amide bonds. The van der Waals surface area contributed by atoms with Crippen molar-refractivity contribution in [1.82, 2.24) is 5.43 Å². The number of nitro groups is 1. The molecular weight excluding hydrogens is 472 g/mol. The number of rotatable bonds is 9. The summed E-state index contributed by atoms with van der Waals surface area (Å²) in [6.45, 7) is 2.11. The van der Waals surface area contributed by atoms with Crippen molar-refractivity contribution in [2.45, 2.75) is 13.5 Å². The second-order valence-corrected chi connectivity index (χ2v) is 9.60. The molecule has 0 aliphatic carbocycles. The highest BCUT2D eigenvalue weighted by Crippen LogP contribution is 2.27. The van der Waals surface area contributed by atoms with E-state index >= 15 is 0 Å². The molecule has 0 heterocycles. The molecule has 0 saturated heterocycles. The Labute approximate surface area is 203 Å². The molecule has 0 aromatic heterocycles. The predicted molar refractivity (Wildman–Crippen MR) is 133 cm³/mol. The van der Waals surface area contributed by atoms with Gasteiger partial charge >= 0.3 is 5.69 Å². The SMILES string of the molecule is COc1ccc(/C=N\NC(=O)c2ccc(N(Cc3ccc(C)cc3)S(C)(=O)=O)cc2)cc1[N+](=O)[O-]. The van der Waals surface area contributed by atoms with Crippen molar-refractivity contribution in [1.29, 1.82) is 0 Å². The Hall–Kier alpha value is -4.25. The quantitative estimate of drug-likeness (QED) is 0.273. The number of nitrogens with zero attached hydrogens (tertiary/aromatic N) is 3. The van der Waals surface area contributed by atoms with E-state index in [-0.39, 0.29) is 23.5 Å². The Bertz CT molecular complexity index is 1350. The first-order valence-corrected chi connectivity index (χ1v) is 12.2. The van der Waals surface area contributed by atoms with Crippen molar-refractivity contribution in [3.63, 3.8) is 0 Å². The van der Waals surface area contributed by atoms with Gasteiger partial charge < -0.3 is 4.74 Å². The lowest BCUT2D eigenvalue weighted by atomic mass is 10.1. The summed E-state index contributed by atoms with van der Waals surface area (Å²) in [7, 11) is -2.23. The highest BCUT2D eigenvalue weighted by atomic mass is 32.2. The summed E-state index contributed by atoms with van der Waals surface area (Å²) in [6.07, 6.45) is 2.39. The number of hydrazone groups is 1. The van der Waals surface area contributed by atoms with Crippen molar-refractivity contribution >= 4 is 33.5 Å². The first-order valence-electron chi connectivity index (χ1n) is 10.4. The monoisotopic (exact) mass is 496 g/mol. The van der Waals surface area contributed by atoms with E-state index in [4.69, 9.17) is 4.74 Å². The van der Waals surface area contributed by atoms with Gasteiger partial charge in [-0.05, 0) is 48.9 Å². The van der Waals surface area contributed by atoms with Gasteiger partial charge in [0.15, 0.2) is 5.75 Å². The third kappa shape index (κ3) is 6.64. The van der Waals surface area contributed by atoms with Crippen molar-refractivity contribution < 1.29 is 22.9 Å². The van der Waals surface area contributed by atoms with Gasteiger partial charge in [0, 0.05) is 17.2 Å². The minimum Gasteiger partial charge on any atom is -0.490 e. The molecule has 182 valence electrons. The minimum atomic E-state index is -3.57. The number of anilines is 1. The first kappa shape index (κ1) is 25.4. The van der Waals surface area contributed by atoms with E-state index in [2.05, 4.69) is 10.5 Å². The molecule has 0 saturated carbocycles. The van der Waals surface area contributed by atoms with Gasteiger partial charge in [-0.25, -0.2) is 13.8 Å². The number of benzene rings is 3. The largest absolute Gasteiger partial charge is 0.490 e. The number of sulfonamides is 1. The van der Waals surface area contributed by atoms with E-state index in [0.717, 1.165) is 17.4 Å². The van der Waals surface area contributed by atoms with Crippen molar-refractivity contribution in [3.8, 4) is 5.75 Å². The predicted octanol–water partition coefficient (Wildman–Crippen LogP) is 3.64. The minimum absolute atomic E-state index is 0.113. The smallest absolute Gasteiger partial charge is 0.311 e. The average Bonchev–Trinajstić information content (AvgIpc) is 2.83. The Kier molecular flexibility index (Phi) is 7.82. The van der Waals surface area contributed by atoms with Crippen LogP contribution in [-0.2, 0) is 16.6 Å². The Balaban J connectivity index is 1.71. The Morgan fingerprint density at radius 1 is 1.11 bits per heavy atom. The lowest BCUT2D eigenvalue weighted by molar-refractivity contribution is -0.385.